The lowest BCUT2D eigenvalue weighted by atomic mass is 10.1. The number of nitrogens with zero attached hydrogens (tertiary/aromatic N) is 2. The van der Waals surface area contributed by atoms with E-state index in [0.717, 1.165) is 6.42 Å². The van der Waals surface area contributed by atoms with Gasteiger partial charge in [0.1, 0.15) is 0 Å². The Morgan fingerprint density at radius 3 is 2.80 bits per heavy atom. The standard InChI is InChI=1S/C13H17N5O2/c1-15-12(19)16-13-18-17-11(20-13)10(14)8-7-9-5-3-2-4-6-9/h2-6,10H,7-8,14H2,1H3,(H2,15,16,18,19). The van der Waals surface area contributed by atoms with Crippen molar-refractivity contribution in [3.8, 4) is 0 Å². The fourth-order valence-corrected chi connectivity index (χ4v) is 1.68. The van der Waals surface area contributed by atoms with E-state index in [2.05, 4.69) is 20.8 Å². The van der Waals surface area contributed by atoms with E-state index >= 15 is 0 Å². The largest absolute Gasteiger partial charge is 0.406 e. The second-order valence-electron chi connectivity index (χ2n) is 4.28. The Labute approximate surface area is 116 Å². The average molecular weight is 275 g/mol. The van der Waals surface area contributed by atoms with Crippen LogP contribution in [0.3, 0.4) is 0 Å². The number of nitrogens with one attached hydrogen (secondary N) is 2. The second-order valence-corrected chi connectivity index (χ2v) is 4.28. The summed E-state index contributed by atoms with van der Waals surface area (Å²) in [6.45, 7) is 0. The molecule has 2 aromatic rings. The predicted molar refractivity (Wildman–Crippen MR) is 74.1 cm³/mol. The smallest absolute Gasteiger partial charge is 0.323 e. The molecule has 2 rings (SSSR count). The van der Waals surface area contributed by atoms with Crippen molar-refractivity contribution < 1.29 is 9.21 Å². The van der Waals surface area contributed by atoms with Crippen LogP contribution in [0.2, 0.25) is 0 Å². The summed E-state index contributed by atoms with van der Waals surface area (Å²) < 4.78 is 5.29. The van der Waals surface area contributed by atoms with Gasteiger partial charge in [-0.1, -0.05) is 35.4 Å². The number of carbonyl (C=O) groups excluding carboxylic acids is 1. The highest BCUT2D eigenvalue weighted by Crippen LogP contribution is 2.17. The Hall–Kier alpha value is -2.41. The van der Waals surface area contributed by atoms with Crippen molar-refractivity contribution >= 4 is 12.0 Å². The first-order chi connectivity index (χ1) is 9.69. The van der Waals surface area contributed by atoms with Crippen LogP contribution in [0, 0.1) is 0 Å². The van der Waals surface area contributed by atoms with Crippen LogP contribution in [0.15, 0.2) is 34.7 Å². The molecule has 1 atom stereocenters. The molecule has 106 valence electrons. The molecular formula is C13H17N5O2. The zero-order chi connectivity index (χ0) is 14.4. The molecule has 20 heavy (non-hydrogen) atoms. The van der Waals surface area contributed by atoms with Crippen molar-refractivity contribution in [1.29, 1.82) is 0 Å². The molecule has 0 bridgehead atoms. The summed E-state index contributed by atoms with van der Waals surface area (Å²) in [5, 5.41) is 12.3. The van der Waals surface area contributed by atoms with Gasteiger partial charge in [0.25, 0.3) is 0 Å². The van der Waals surface area contributed by atoms with Crippen LogP contribution >= 0.6 is 0 Å². The van der Waals surface area contributed by atoms with Gasteiger partial charge in [-0.2, -0.15) is 0 Å². The highest BCUT2D eigenvalue weighted by molar-refractivity contribution is 5.86. The number of carbonyl (C=O) groups is 1. The fourth-order valence-electron chi connectivity index (χ4n) is 1.68. The van der Waals surface area contributed by atoms with Gasteiger partial charge in [-0.15, -0.1) is 5.10 Å². The Morgan fingerprint density at radius 2 is 2.10 bits per heavy atom. The zero-order valence-corrected chi connectivity index (χ0v) is 11.2. The van der Waals surface area contributed by atoms with Gasteiger partial charge in [-0.25, -0.2) is 4.79 Å². The minimum atomic E-state index is -0.418. The van der Waals surface area contributed by atoms with E-state index in [1.165, 1.54) is 12.6 Å². The third kappa shape index (κ3) is 3.79. The van der Waals surface area contributed by atoms with Crippen LogP contribution in [0.25, 0.3) is 0 Å². The molecule has 7 nitrogen and oxygen atoms in total. The summed E-state index contributed by atoms with van der Waals surface area (Å²) in [6, 6.07) is 9.28. The molecule has 1 aromatic carbocycles. The van der Waals surface area contributed by atoms with E-state index in [1.54, 1.807) is 0 Å². The van der Waals surface area contributed by atoms with Gasteiger partial charge in [0.05, 0.1) is 6.04 Å². The molecule has 0 aliphatic heterocycles. The average Bonchev–Trinajstić information content (AvgIpc) is 2.94. The summed E-state index contributed by atoms with van der Waals surface area (Å²) in [4.78, 5) is 11.1. The topological polar surface area (TPSA) is 106 Å². The fraction of sp³-hybridized carbons (Fsp3) is 0.308. The van der Waals surface area contributed by atoms with Crippen molar-refractivity contribution in [2.24, 2.45) is 5.73 Å². The SMILES string of the molecule is CNC(=O)Nc1nnc(C(N)CCc2ccccc2)o1. The van der Waals surface area contributed by atoms with Gasteiger partial charge < -0.3 is 15.5 Å². The quantitative estimate of drug-likeness (QED) is 0.765. The number of rotatable bonds is 5. The maximum Gasteiger partial charge on any atom is 0.323 e. The number of urea groups is 1. The molecule has 0 saturated heterocycles. The van der Waals surface area contributed by atoms with Gasteiger partial charge in [-0.3, -0.25) is 5.32 Å². The molecule has 0 fully saturated rings. The molecule has 1 aromatic heterocycles. The molecule has 0 aliphatic carbocycles. The van der Waals surface area contributed by atoms with Crippen LogP contribution in [0.5, 0.6) is 0 Å². The van der Waals surface area contributed by atoms with E-state index in [0.29, 0.717) is 12.3 Å². The lowest BCUT2D eigenvalue weighted by Gasteiger charge is -2.06. The summed E-state index contributed by atoms with van der Waals surface area (Å²) >= 11 is 0. The van der Waals surface area contributed by atoms with E-state index in [-0.39, 0.29) is 12.1 Å². The van der Waals surface area contributed by atoms with Gasteiger partial charge in [0.2, 0.25) is 5.89 Å². The molecule has 1 unspecified atom stereocenters. The Morgan fingerprint density at radius 1 is 1.35 bits per heavy atom. The highest BCUT2D eigenvalue weighted by Gasteiger charge is 2.15. The van der Waals surface area contributed by atoms with Crippen LogP contribution in [-0.4, -0.2) is 23.3 Å². The van der Waals surface area contributed by atoms with Gasteiger partial charge in [0, 0.05) is 7.05 Å². The first kappa shape index (κ1) is 14.0. The molecule has 0 spiro atoms. The van der Waals surface area contributed by atoms with E-state index in [1.807, 2.05) is 30.3 Å². The van der Waals surface area contributed by atoms with Gasteiger partial charge >= 0.3 is 12.0 Å². The number of anilines is 1. The number of benzene rings is 1. The lowest BCUT2D eigenvalue weighted by molar-refractivity contribution is 0.253. The Bertz CT molecular complexity index is 555. The molecule has 7 heteroatoms. The Kier molecular flexibility index (Phi) is 4.67. The van der Waals surface area contributed by atoms with Crippen molar-refractivity contribution in [3.05, 3.63) is 41.8 Å². The maximum absolute atomic E-state index is 11.1. The van der Waals surface area contributed by atoms with E-state index < -0.39 is 6.03 Å². The number of nitrogens with two attached hydrogens (primary N) is 1. The molecule has 0 radical (unpaired) electrons. The molecular weight excluding hydrogens is 258 g/mol. The summed E-state index contributed by atoms with van der Waals surface area (Å²) in [5.74, 6) is 0.312. The van der Waals surface area contributed by atoms with E-state index in [9.17, 15) is 4.79 Å². The van der Waals surface area contributed by atoms with Crippen molar-refractivity contribution in [2.75, 3.05) is 12.4 Å². The van der Waals surface area contributed by atoms with Crippen LogP contribution < -0.4 is 16.4 Å². The monoisotopic (exact) mass is 275 g/mol. The van der Waals surface area contributed by atoms with E-state index in [4.69, 9.17) is 10.2 Å². The van der Waals surface area contributed by atoms with Gasteiger partial charge in [0.15, 0.2) is 0 Å². The number of aromatic nitrogens is 2. The first-order valence-corrected chi connectivity index (χ1v) is 6.30. The normalized spacial score (nSPS) is 11.9. The highest BCUT2D eigenvalue weighted by atomic mass is 16.4. The maximum atomic E-state index is 11.1. The van der Waals surface area contributed by atoms with Crippen LogP contribution in [0.4, 0.5) is 10.8 Å². The number of hydrogen-bond acceptors (Lipinski definition) is 5. The first-order valence-electron chi connectivity index (χ1n) is 6.30. The molecule has 0 aliphatic rings. The zero-order valence-electron chi connectivity index (χ0n) is 11.2. The minimum Gasteiger partial charge on any atom is -0.406 e. The van der Waals surface area contributed by atoms with Crippen molar-refractivity contribution in [3.63, 3.8) is 0 Å². The minimum absolute atomic E-state index is 0.0366. The molecule has 2 amide bonds. The van der Waals surface area contributed by atoms with Crippen molar-refractivity contribution in [1.82, 2.24) is 15.5 Å². The third-order valence-electron chi connectivity index (χ3n) is 2.79. The molecule has 1 heterocycles. The summed E-state index contributed by atoms with van der Waals surface area (Å²) in [6.07, 6.45) is 1.51. The predicted octanol–water partition coefficient (Wildman–Crippen LogP) is 1.45. The number of amides is 2. The molecule has 4 N–H and O–H groups in total. The van der Waals surface area contributed by atoms with Crippen LogP contribution in [0.1, 0.15) is 23.9 Å². The molecule has 0 saturated carbocycles. The van der Waals surface area contributed by atoms with Crippen LogP contribution in [-0.2, 0) is 6.42 Å². The van der Waals surface area contributed by atoms with Crippen molar-refractivity contribution in [2.45, 2.75) is 18.9 Å². The summed E-state index contributed by atoms with van der Waals surface area (Å²) in [7, 11) is 1.50. The van der Waals surface area contributed by atoms with Gasteiger partial charge in [-0.05, 0) is 18.4 Å². The third-order valence-corrected chi connectivity index (χ3v) is 2.79. The second kappa shape index (κ2) is 6.67. The number of aryl methyl sites for hydroxylation is 1. The summed E-state index contributed by atoms with van der Waals surface area (Å²) in [5.41, 5.74) is 7.20. The lowest BCUT2D eigenvalue weighted by Crippen LogP contribution is -2.24. The number of hydrogen-bond donors (Lipinski definition) is 3. The Balaban J connectivity index is 1.89.